The van der Waals surface area contributed by atoms with Crippen LogP contribution in [0.15, 0.2) is 30.3 Å². The molecule has 1 aromatic carbocycles. The van der Waals surface area contributed by atoms with Gasteiger partial charge in [-0.3, -0.25) is 4.90 Å². The standard InChI is InChI=1S/C14H20N2/c1-2-4-12(5-3-1)9-16-10-13-6-7-15-8-14(13)11-16/h1-5,13-15H,6-11H2/t13-,14+/m0/s1. The van der Waals surface area contributed by atoms with E-state index in [9.17, 15) is 0 Å². The fourth-order valence-electron chi connectivity index (χ4n) is 3.14. The Labute approximate surface area is 97.6 Å². The molecular weight excluding hydrogens is 196 g/mol. The molecule has 0 saturated carbocycles. The van der Waals surface area contributed by atoms with Gasteiger partial charge in [-0.15, -0.1) is 0 Å². The summed E-state index contributed by atoms with van der Waals surface area (Å²) in [5, 5.41) is 3.51. The molecule has 86 valence electrons. The van der Waals surface area contributed by atoms with Crippen molar-refractivity contribution >= 4 is 0 Å². The van der Waals surface area contributed by atoms with Gasteiger partial charge in [0.2, 0.25) is 0 Å². The van der Waals surface area contributed by atoms with Crippen LogP contribution < -0.4 is 5.32 Å². The van der Waals surface area contributed by atoms with Gasteiger partial charge in [0.05, 0.1) is 0 Å². The highest BCUT2D eigenvalue weighted by Crippen LogP contribution is 2.28. The van der Waals surface area contributed by atoms with E-state index in [1.54, 1.807) is 0 Å². The Morgan fingerprint density at radius 1 is 1.12 bits per heavy atom. The largest absolute Gasteiger partial charge is 0.316 e. The fourth-order valence-corrected chi connectivity index (χ4v) is 3.14. The third-order valence-corrected chi connectivity index (χ3v) is 4.00. The van der Waals surface area contributed by atoms with Crippen LogP contribution in [0.25, 0.3) is 0 Å². The summed E-state index contributed by atoms with van der Waals surface area (Å²) in [4.78, 5) is 2.62. The maximum Gasteiger partial charge on any atom is 0.0233 e. The number of rotatable bonds is 2. The van der Waals surface area contributed by atoms with Crippen LogP contribution in [-0.2, 0) is 6.54 Å². The number of benzene rings is 1. The van der Waals surface area contributed by atoms with Gasteiger partial charge in [0.15, 0.2) is 0 Å². The Kier molecular flexibility index (Phi) is 2.94. The van der Waals surface area contributed by atoms with Gasteiger partial charge in [-0.1, -0.05) is 30.3 Å². The van der Waals surface area contributed by atoms with E-state index in [2.05, 4.69) is 40.5 Å². The number of nitrogens with zero attached hydrogens (tertiary/aromatic N) is 1. The van der Waals surface area contributed by atoms with Crippen LogP contribution in [0.5, 0.6) is 0 Å². The monoisotopic (exact) mass is 216 g/mol. The Morgan fingerprint density at radius 3 is 2.75 bits per heavy atom. The molecule has 1 N–H and O–H groups in total. The molecule has 2 saturated heterocycles. The first-order valence-corrected chi connectivity index (χ1v) is 6.39. The number of likely N-dealkylation sites (tertiary alicyclic amines) is 1. The molecule has 0 aliphatic carbocycles. The van der Waals surface area contributed by atoms with Crippen molar-refractivity contribution in [3.63, 3.8) is 0 Å². The lowest BCUT2D eigenvalue weighted by Gasteiger charge is -2.24. The first kappa shape index (κ1) is 10.3. The van der Waals surface area contributed by atoms with Gasteiger partial charge in [-0.25, -0.2) is 0 Å². The van der Waals surface area contributed by atoms with Crippen LogP contribution in [0.3, 0.4) is 0 Å². The van der Waals surface area contributed by atoms with Crippen LogP contribution in [-0.4, -0.2) is 31.1 Å². The fraction of sp³-hybridized carbons (Fsp3) is 0.571. The molecule has 16 heavy (non-hydrogen) atoms. The highest BCUT2D eigenvalue weighted by molar-refractivity contribution is 5.14. The van der Waals surface area contributed by atoms with Gasteiger partial charge < -0.3 is 5.32 Å². The molecule has 2 atom stereocenters. The van der Waals surface area contributed by atoms with Crippen molar-refractivity contribution in [3.8, 4) is 0 Å². The second-order valence-corrected chi connectivity index (χ2v) is 5.19. The van der Waals surface area contributed by atoms with E-state index in [-0.39, 0.29) is 0 Å². The van der Waals surface area contributed by atoms with Gasteiger partial charge >= 0.3 is 0 Å². The summed E-state index contributed by atoms with van der Waals surface area (Å²) >= 11 is 0. The molecule has 2 nitrogen and oxygen atoms in total. The van der Waals surface area contributed by atoms with Crippen LogP contribution in [0, 0.1) is 11.8 Å². The summed E-state index contributed by atoms with van der Waals surface area (Å²) in [6, 6.07) is 10.8. The second-order valence-electron chi connectivity index (χ2n) is 5.19. The van der Waals surface area contributed by atoms with E-state index >= 15 is 0 Å². The number of hydrogen-bond acceptors (Lipinski definition) is 2. The van der Waals surface area contributed by atoms with E-state index in [1.807, 2.05) is 0 Å². The smallest absolute Gasteiger partial charge is 0.0233 e. The van der Waals surface area contributed by atoms with Gasteiger partial charge in [0, 0.05) is 19.6 Å². The maximum absolute atomic E-state index is 3.51. The predicted octanol–water partition coefficient (Wildman–Crippen LogP) is 1.73. The van der Waals surface area contributed by atoms with Crippen molar-refractivity contribution in [3.05, 3.63) is 35.9 Å². The van der Waals surface area contributed by atoms with Gasteiger partial charge in [-0.05, 0) is 36.9 Å². The van der Waals surface area contributed by atoms with Gasteiger partial charge in [-0.2, -0.15) is 0 Å². The maximum atomic E-state index is 3.51. The Hall–Kier alpha value is -0.860. The zero-order valence-electron chi connectivity index (χ0n) is 9.73. The molecule has 0 amide bonds. The summed E-state index contributed by atoms with van der Waals surface area (Å²) in [5.41, 5.74) is 1.45. The average molecular weight is 216 g/mol. The first-order valence-electron chi connectivity index (χ1n) is 6.39. The molecular formula is C14H20N2. The summed E-state index contributed by atoms with van der Waals surface area (Å²) < 4.78 is 0. The SMILES string of the molecule is c1ccc(CN2C[C@H]3CNCC[C@H]3C2)cc1. The second kappa shape index (κ2) is 4.56. The molecule has 0 radical (unpaired) electrons. The van der Waals surface area contributed by atoms with Crippen LogP contribution in [0.4, 0.5) is 0 Å². The molecule has 2 heteroatoms. The Balaban J connectivity index is 1.61. The zero-order valence-corrected chi connectivity index (χ0v) is 9.73. The van der Waals surface area contributed by atoms with E-state index in [0.717, 1.165) is 18.4 Å². The summed E-state index contributed by atoms with van der Waals surface area (Å²) in [6.45, 7) is 6.18. The number of hydrogen-bond donors (Lipinski definition) is 1. The van der Waals surface area contributed by atoms with Crippen LogP contribution >= 0.6 is 0 Å². The van der Waals surface area contributed by atoms with Crippen molar-refractivity contribution in [1.82, 2.24) is 10.2 Å². The minimum absolute atomic E-state index is 0.900. The summed E-state index contributed by atoms with van der Waals surface area (Å²) in [6.07, 6.45) is 1.37. The number of fused-ring (bicyclic) bond motifs is 1. The minimum Gasteiger partial charge on any atom is -0.316 e. The van der Waals surface area contributed by atoms with Crippen molar-refractivity contribution in [2.45, 2.75) is 13.0 Å². The molecule has 0 bridgehead atoms. The quantitative estimate of drug-likeness (QED) is 0.810. The molecule has 3 rings (SSSR count). The third-order valence-electron chi connectivity index (χ3n) is 4.00. The Morgan fingerprint density at radius 2 is 1.94 bits per heavy atom. The number of piperidine rings is 1. The molecule has 2 aliphatic heterocycles. The molecule has 1 aromatic rings. The third kappa shape index (κ3) is 2.13. The van der Waals surface area contributed by atoms with Crippen molar-refractivity contribution in [2.75, 3.05) is 26.2 Å². The van der Waals surface area contributed by atoms with E-state index < -0.39 is 0 Å². The van der Waals surface area contributed by atoms with E-state index in [0.29, 0.717) is 0 Å². The molecule has 0 aromatic heterocycles. The first-order chi connectivity index (χ1) is 7.92. The van der Waals surface area contributed by atoms with Crippen molar-refractivity contribution < 1.29 is 0 Å². The number of nitrogens with one attached hydrogen (secondary N) is 1. The summed E-state index contributed by atoms with van der Waals surface area (Å²) in [7, 11) is 0. The average Bonchev–Trinajstić information content (AvgIpc) is 2.72. The molecule has 0 unspecified atom stereocenters. The van der Waals surface area contributed by atoms with E-state index in [4.69, 9.17) is 0 Å². The summed E-state index contributed by atoms with van der Waals surface area (Å²) in [5.74, 6) is 1.85. The van der Waals surface area contributed by atoms with Gasteiger partial charge in [0.25, 0.3) is 0 Å². The lowest BCUT2D eigenvalue weighted by atomic mass is 9.90. The lowest BCUT2D eigenvalue weighted by Crippen LogP contribution is -2.35. The van der Waals surface area contributed by atoms with E-state index in [1.165, 1.54) is 38.2 Å². The topological polar surface area (TPSA) is 15.3 Å². The molecule has 0 spiro atoms. The zero-order chi connectivity index (χ0) is 10.8. The van der Waals surface area contributed by atoms with Crippen LogP contribution in [0.1, 0.15) is 12.0 Å². The normalized spacial score (nSPS) is 30.2. The Bertz CT molecular complexity index is 322. The highest BCUT2D eigenvalue weighted by atomic mass is 15.2. The molecule has 2 heterocycles. The van der Waals surface area contributed by atoms with Gasteiger partial charge in [0.1, 0.15) is 0 Å². The van der Waals surface area contributed by atoms with Crippen molar-refractivity contribution in [2.24, 2.45) is 11.8 Å². The molecule has 2 fully saturated rings. The minimum atomic E-state index is 0.900. The van der Waals surface area contributed by atoms with Crippen LogP contribution in [0.2, 0.25) is 0 Å². The van der Waals surface area contributed by atoms with Crippen molar-refractivity contribution in [1.29, 1.82) is 0 Å². The lowest BCUT2D eigenvalue weighted by molar-refractivity contribution is 0.313. The highest BCUT2D eigenvalue weighted by Gasteiger charge is 2.33. The predicted molar refractivity (Wildman–Crippen MR) is 66.2 cm³/mol. The molecule has 2 aliphatic rings.